The van der Waals surface area contributed by atoms with Crippen LogP contribution in [0, 0.1) is 6.92 Å². The maximum absolute atomic E-state index is 12.3. The molecule has 1 aliphatic rings. The van der Waals surface area contributed by atoms with Crippen molar-refractivity contribution in [3.63, 3.8) is 0 Å². The Bertz CT molecular complexity index is 922. The van der Waals surface area contributed by atoms with E-state index in [2.05, 4.69) is 20.0 Å². The Labute approximate surface area is 146 Å². The maximum atomic E-state index is 12.3. The van der Waals surface area contributed by atoms with Gasteiger partial charge in [0.25, 0.3) is 5.56 Å². The van der Waals surface area contributed by atoms with Gasteiger partial charge in [-0.1, -0.05) is 18.2 Å². The average molecular weight is 335 g/mol. The number of H-pyrrole nitrogens is 1. The molecule has 25 heavy (non-hydrogen) atoms. The van der Waals surface area contributed by atoms with Crippen molar-refractivity contribution >= 4 is 5.95 Å². The average Bonchev–Trinajstić information content (AvgIpc) is 3.04. The van der Waals surface area contributed by atoms with Crippen LogP contribution in [-0.2, 0) is 0 Å². The molecule has 1 aliphatic heterocycles. The highest BCUT2D eigenvalue weighted by molar-refractivity contribution is 5.61. The maximum Gasteiger partial charge on any atom is 0.271 e. The second-order valence-corrected chi connectivity index (χ2v) is 6.40. The molecule has 0 amide bonds. The van der Waals surface area contributed by atoms with Gasteiger partial charge in [-0.3, -0.25) is 9.89 Å². The minimum Gasteiger partial charge on any atom is -0.341 e. The quantitative estimate of drug-likeness (QED) is 0.799. The first kappa shape index (κ1) is 15.6. The minimum absolute atomic E-state index is 0.0966. The number of benzene rings is 1. The van der Waals surface area contributed by atoms with E-state index in [1.165, 1.54) is 23.9 Å². The molecule has 4 rings (SSSR count). The number of hydrogen-bond acceptors (Lipinski definition) is 4. The van der Waals surface area contributed by atoms with E-state index in [-0.39, 0.29) is 5.56 Å². The van der Waals surface area contributed by atoms with Gasteiger partial charge in [-0.05, 0) is 38.3 Å². The summed E-state index contributed by atoms with van der Waals surface area (Å²) < 4.78 is 1.54. The summed E-state index contributed by atoms with van der Waals surface area (Å²) in [5.74, 6) is 0.783. The molecule has 2 aromatic heterocycles. The van der Waals surface area contributed by atoms with Gasteiger partial charge in [-0.15, -0.1) is 0 Å². The largest absolute Gasteiger partial charge is 0.341 e. The molecular weight excluding hydrogens is 314 g/mol. The van der Waals surface area contributed by atoms with Gasteiger partial charge in [0, 0.05) is 30.9 Å². The molecule has 6 heteroatoms. The molecule has 3 aromatic rings. The predicted octanol–water partition coefficient (Wildman–Crippen LogP) is 2.92. The van der Waals surface area contributed by atoms with E-state index in [1.54, 1.807) is 6.07 Å². The second kappa shape index (κ2) is 6.55. The van der Waals surface area contributed by atoms with E-state index < -0.39 is 0 Å². The van der Waals surface area contributed by atoms with E-state index >= 15 is 0 Å². The standard InChI is InChI=1S/C19H21N5O/c1-14-16(13-20-19(21-14)23-10-6-3-7-11-23)17-12-18(25)24(22-17)15-8-4-2-5-9-15/h2,4-5,8-9,12-13,22H,3,6-7,10-11H2,1H3. The van der Waals surface area contributed by atoms with Crippen LogP contribution in [0.1, 0.15) is 25.0 Å². The molecule has 1 saturated heterocycles. The molecule has 0 radical (unpaired) electrons. The molecule has 0 spiro atoms. The summed E-state index contributed by atoms with van der Waals surface area (Å²) in [6, 6.07) is 11.1. The number of nitrogens with one attached hydrogen (secondary N) is 1. The third kappa shape index (κ3) is 3.07. The zero-order valence-corrected chi connectivity index (χ0v) is 14.3. The topological polar surface area (TPSA) is 66.8 Å². The van der Waals surface area contributed by atoms with Crippen molar-refractivity contribution < 1.29 is 0 Å². The van der Waals surface area contributed by atoms with Crippen LogP contribution < -0.4 is 10.5 Å². The first-order chi connectivity index (χ1) is 12.2. The van der Waals surface area contributed by atoms with Gasteiger partial charge in [-0.2, -0.15) is 0 Å². The van der Waals surface area contributed by atoms with Crippen LogP contribution in [0.25, 0.3) is 16.9 Å². The van der Waals surface area contributed by atoms with Crippen LogP contribution >= 0.6 is 0 Å². The zero-order valence-electron chi connectivity index (χ0n) is 14.3. The number of aromatic amines is 1. The third-order valence-corrected chi connectivity index (χ3v) is 4.63. The lowest BCUT2D eigenvalue weighted by Crippen LogP contribution is -2.31. The van der Waals surface area contributed by atoms with E-state index in [0.717, 1.165) is 41.7 Å². The van der Waals surface area contributed by atoms with Crippen LogP contribution in [0.3, 0.4) is 0 Å². The van der Waals surface area contributed by atoms with Gasteiger partial charge in [0.1, 0.15) is 0 Å². The normalized spacial score (nSPS) is 14.7. The van der Waals surface area contributed by atoms with Crippen LogP contribution in [0.4, 0.5) is 5.95 Å². The van der Waals surface area contributed by atoms with Crippen molar-refractivity contribution in [2.24, 2.45) is 0 Å². The highest BCUT2D eigenvalue weighted by atomic mass is 16.1. The summed E-state index contributed by atoms with van der Waals surface area (Å²) in [7, 11) is 0. The summed E-state index contributed by atoms with van der Waals surface area (Å²) in [5, 5.41) is 3.16. The van der Waals surface area contributed by atoms with Crippen molar-refractivity contribution in [1.29, 1.82) is 0 Å². The van der Waals surface area contributed by atoms with Crippen molar-refractivity contribution in [1.82, 2.24) is 19.7 Å². The first-order valence-corrected chi connectivity index (χ1v) is 8.69. The number of anilines is 1. The molecule has 0 unspecified atom stereocenters. The third-order valence-electron chi connectivity index (χ3n) is 4.63. The van der Waals surface area contributed by atoms with Gasteiger partial charge in [0.05, 0.1) is 17.1 Å². The van der Waals surface area contributed by atoms with Gasteiger partial charge in [-0.25, -0.2) is 14.6 Å². The molecule has 1 aromatic carbocycles. The molecule has 3 heterocycles. The number of hydrogen-bond donors (Lipinski definition) is 1. The fourth-order valence-electron chi connectivity index (χ4n) is 3.27. The lowest BCUT2D eigenvalue weighted by atomic mass is 10.1. The van der Waals surface area contributed by atoms with E-state index in [9.17, 15) is 4.79 Å². The molecule has 0 atom stereocenters. The van der Waals surface area contributed by atoms with Crippen LogP contribution in [-0.4, -0.2) is 32.8 Å². The summed E-state index contributed by atoms with van der Waals surface area (Å²) in [5.41, 5.74) is 3.17. The number of piperidine rings is 1. The van der Waals surface area contributed by atoms with E-state index in [1.807, 2.05) is 43.5 Å². The van der Waals surface area contributed by atoms with Crippen LogP contribution in [0.2, 0.25) is 0 Å². The highest BCUT2D eigenvalue weighted by Gasteiger charge is 2.16. The first-order valence-electron chi connectivity index (χ1n) is 8.69. The predicted molar refractivity (Wildman–Crippen MR) is 98.2 cm³/mol. The SMILES string of the molecule is Cc1nc(N2CCCCC2)ncc1-c1cc(=O)n(-c2ccccc2)[nH]1. The molecule has 0 aliphatic carbocycles. The lowest BCUT2D eigenvalue weighted by Gasteiger charge is -2.26. The van der Waals surface area contributed by atoms with Crippen molar-refractivity contribution in [2.45, 2.75) is 26.2 Å². The molecule has 6 nitrogen and oxygen atoms in total. The van der Waals surface area contributed by atoms with Crippen molar-refractivity contribution in [2.75, 3.05) is 18.0 Å². The number of para-hydroxylation sites is 1. The number of aryl methyl sites for hydroxylation is 1. The van der Waals surface area contributed by atoms with E-state index in [0.29, 0.717) is 0 Å². The van der Waals surface area contributed by atoms with Crippen molar-refractivity contribution in [3.8, 4) is 16.9 Å². The van der Waals surface area contributed by atoms with Gasteiger partial charge in [0.2, 0.25) is 5.95 Å². The molecule has 1 N–H and O–H groups in total. The molecule has 0 saturated carbocycles. The minimum atomic E-state index is -0.0966. The Kier molecular flexibility index (Phi) is 4.09. The number of nitrogens with zero attached hydrogens (tertiary/aromatic N) is 4. The Morgan fingerprint density at radius 1 is 1.08 bits per heavy atom. The van der Waals surface area contributed by atoms with Gasteiger partial charge < -0.3 is 4.90 Å². The Morgan fingerprint density at radius 3 is 2.56 bits per heavy atom. The van der Waals surface area contributed by atoms with Crippen molar-refractivity contribution in [3.05, 3.63) is 58.6 Å². The Morgan fingerprint density at radius 2 is 1.84 bits per heavy atom. The fourth-order valence-corrected chi connectivity index (χ4v) is 3.27. The second-order valence-electron chi connectivity index (χ2n) is 6.40. The van der Waals surface area contributed by atoms with Crippen LogP contribution in [0.5, 0.6) is 0 Å². The molecule has 0 bridgehead atoms. The monoisotopic (exact) mass is 335 g/mol. The highest BCUT2D eigenvalue weighted by Crippen LogP contribution is 2.22. The number of rotatable bonds is 3. The summed E-state index contributed by atoms with van der Waals surface area (Å²) in [4.78, 5) is 23.8. The Hall–Kier alpha value is -2.89. The molecule has 1 fully saturated rings. The summed E-state index contributed by atoms with van der Waals surface area (Å²) >= 11 is 0. The zero-order chi connectivity index (χ0) is 17.2. The number of aromatic nitrogens is 4. The summed E-state index contributed by atoms with van der Waals surface area (Å²) in [6.45, 7) is 3.99. The van der Waals surface area contributed by atoms with Crippen LogP contribution in [0.15, 0.2) is 47.4 Å². The molecule has 128 valence electrons. The van der Waals surface area contributed by atoms with Gasteiger partial charge in [0.15, 0.2) is 0 Å². The molecular formula is C19H21N5O. The summed E-state index contributed by atoms with van der Waals surface area (Å²) in [6.07, 6.45) is 5.48. The van der Waals surface area contributed by atoms with E-state index in [4.69, 9.17) is 0 Å². The smallest absolute Gasteiger partial charge is 0.271 e. The lowest BCUT2D eigenvalue weighted by molar-refractivity contribution is 0.568. The van der Waals surface area contributed by atoms with Gasteiger partial charge >= 0.3 is 0 Å². The Balaban J connectivity index is 1.67. The fraction of sp³-hybridized carbons (Fsp3) is 0.316.